The fourth-order valence-corrected chi connectivity index (χ4v) is 5.58. The Balaban J connectivity index is 1.38. The van der Waals surface area contributed by atoms with Crippen LogP contribution in [0.4, 0.5) is 5.69 Å². The number of nitrogens with zero attached hydrogens (tertiary/aromatic N) is 5. The number of hydrogen-bond donors (Lipinski definition) is 1. The molecule has 1 saturated carbocycles. The summed E-state index contributed by atoms with van der Waals surface area (Å²) in [5, 5.41) is 13.4. The van der Waals surface area contributed by atoms with Crippen molar-refractivity contribution in [1.82, 2.24) is 24.5 Å². The number of amides is 1. The van der Waals surface area contributed by atoms with Crippen LogP contribution in [-0.4, -0.2) is 64.5 Å². The molecule has 11 nitrogen and oxygen atoms in total. The van der Waals surface area contributed by atoms with Crippen molar-refractivity contribution in [3.05, 3.63) is 60.4 Å². The van der Waals surface area contributed by atoms with E-state index >= 15 is 0 Å². The molecule has 1 amide bonds. The van der Waals surface area contributed by atoms with Gasteiger partial charge in [0.1, 0.15) is 11.2 Å². The van der Waals surface area contributed by atoms with Crippen molar-refractivity contribution in [3.8, 4) is 5.69 Å². The summed E-state index contributed by atoms with van der Waals surface area (Å²) in [6, 6.07) is 12.5. The van der Waals surface area contributed by atoms with Crippen LogP contribution >= 0.6 is 0 Å². The summed E-state index contributed by atoms with van der Waals surface area (Å²) in [7, 11) is -2.24. The third-order valence-electron chi connectivity index (χ3n) is 5.96. The molecule has 0 saturated heterocycles. The Hall–Kier alpha value is -3.64. The molecular weight excluding hydrogens is 472 g/mol. The standard InChI is InChI=1S/C23H26N6O5S/c1-28(18-7-3-2-4-8-18)35(32,33)21-10-6-5-9-20(21)25-22(30)15-34-23(31)17-11-13-19(14-12-17)29-16-24-26-27-29/h5-6,9-14,16,18H,2-4,7-8,15H2,1H3,(H,25,30). The van der Waals surface area contributed by atoms with Crippen LogP contribution in [0.15, 0.2) is 59.8 Å². The molecule has 1 N–H and O–H groups in total. The second-order valence-corrected chi connectivity index (χ2v) is 10.2. The lowest BCUT2D eigenvalue weighted by Gasteiger charge is -2.30. The van der Waals surface area contributed by atoms with Gasteiger partial charge in [0.25, 0.3) is 5.91 Å². The Bertz CT molecular complexity index is 1270. The van der Waals surface area contributed by atoms with Crippen LogP contribution in [0.1, 0.15) is 42.5 Å². The molecule has 0 bridgehead atoms. The number of tetrazole rings is 1. The van der Waals surface area contributed by atoms with Gasteiger partial charge in [-0.05, 0) is 59.7 Å². The van der Waals surface area contributed by atoms with Crippen molar-refractivity contribution in [1.29, 1.82) is 0 Å². The molecule has 1 heterocycles. The molecule has 2 aromatic carbocycles. The predicted molar refractivity (Wildman–Crippen MR) is 126 cm³/mol. The first-order valence-corrected chi connectivity index (χ1v) is 12.7. The zero-order valence-corrected chi connectivity index (χ0v) is 20.0. The molecule has 0 spiro atoms. The number of carbonyl (C=O) groups excluding carboxylic acids is 2. The van der Waals surface area contributed by atoms with Crippen LogP contribution in [-0.2, 0) is 19.6 Å². The molecule has 4 rings (SSSR count). The zero-order chi connectivity index (χ0) is 24.8. The predicted octanol–water partition coefficient (Wildman–Crippen LogP) is 2.41. The van der Waals surface area contributed by atoms with Crippen molar-refractivity contribution in [2.24, 2.45) is 0 Å². The van der Waals surface area contributed by atoms with Crippen LogP contribution in [0.5, 0.6) is 0 Å². The number of carbonyl (C=O) groups is 2. The lowest BCUT2D eigenvalue weighted by Crippen LogP contribution is -2.38. The highest BCUT2D eigenvalue weighted by Gasteiger charge is 2.31. The molecule has 1 aliphatic carbocycles. The van der Waals surface area contributed by atoms with Gasteiger partial charge in [0, 0.05) is 13.1 Å². The lowest BCUT2D eigenvalue weighted by molar-refractivity contribution is -0.119. The summed E-state index contributed by atoms with van der Waals surface area (Å²) in [4.78, 5) is 24.8. The number of benzene rings is 2. The number of hydrogen-bond acceptors (Lipinski definition) is 8. The molecule has 184 valence electrons. The van der Waals surface area contributed by atoms with Gasteiger partial charge in [0.15, 0.2) is 6.61 Å². The number of esters is 1. The van der Waals surface area contributed by atoms with E-state index in [4.69, 9.17) is 4.74 Å². The minimum Gasteiger partial charge on any atom is -0.452 e. The molecule has 0 aliphatic heterocycles. The number of nitrogens with one attached hydrogen (secondary N) is 1. The van der Waals surface area contributed by atoms with Gasteiger partial charge in [0.05, 0.1) is 16.9 Å². The van der Waals surface area contributed by atoms with E-state index in [1.807, 2.05) is 0 Å². The largest absolute Gasteiger partial charge is 0.452 e. The number of aromatic nitrogens is 4. The van der Waals surface area contributed by atoms with Crippen molar-refractivity contribution in [2.45, 2.75) is 43.0 Å². The maximum absolute atomic E-state index is 13.3. The van der Waals surface area contributed by atoms with Gasteiger partial charge in [-0.25, -0.2) is 17.9 Å². The topological polar surface area (TPSA) is 136 Å². The maximum atomic E-state index is 13.3. The zero-order valence-electron chi connectivity index (χ0n) is 19.2. The second-order valence-electron chi connectivity index (χ2n) is 8.23. The molecule has 1 aliphatic rings. The first-order chi connectivity index (χ1) is 16.9. The van der Waals surface area contributed by atoms with Crippen LogP contribution in [0.25, 0.3) is 5.69 Å². The van der Waals surface area contributed by atoms with E-state index < -0.39 is 28.5 Å². The number of sulfonamides is 1. The van der Waals surface area contributed by atoms with E-state index in [1.54, 1.807) is 31.3 Å². The van der Waals surface area contributed by atoms with Gasteiger partial charge in [0.2, 0.25) is 10.0 Å². The molecule has 0 unspecified atom stereocenters. The SMILES string of the molecule is CN(C1CCCCC1)S(=O)(=O)c1ccccc1NC(=O)COC(=O)c1ccc(-n2cnnn2)cc1. The first kappa shape index (κ1) is 24.5. The molecule has 12 heteroatoms. The Labute approximate surface area is 203 Å². The summed E-state index contributed by atoms with van der Waals surface area (Å²) in [5.74, 6) is -1.34. The van der Waals surface area contributed by atoms with Gasteiger partial charge in [-0.2, -0.15) is 4.31 Å². The van der Waals surface area contributed by atoms with E-state index in [1.165, 1.54) is 39.6 Å². The molecule has 3 aromatic rings. The van der Waals surface area contributed by atoms with E-state index in [0.717, 1.165) is 32.1 Å². The van der Waals surface area contributed by atoms with Crippen molar-refractivity contribution < 1.29 is 22.7 Å². The quantitative estimate of drug-likeness (QED) is 0.468. The van der Waals surface area contributed by atoms with Crippen LogP contribution in [0, 0.1) is 0 Å². The fourth-order valence-electron chi connectivity index (χ4n) is 4.02. The third kappa shape index (κ3) is 5.72. The highest BCUT2D eigenvalue weighted by atomic mass is 32.2. The fraction of sp³-hybridized carbons (Fsp3) is 0.348. The van der Waals surface area contributed by atoms with Gasteiger partial charge >= 0.3 is 5.97 Å². The second kappa shape index (κ2) is 10.7. The summed E-state index contributed by atoms with van der Waals surface area (Å²) in [5.41, 5.74) is 1.04. The number of ether oxygens (including phenoxy) is 1. The van der Waals surface area contributed by atoms with Crippen LogP contribution in [0.3, 0.4) is 0 Å². The van der Waals surface area contributed by atoms with Gasteiger partial charge < -0.3 is 10.1 Å². The van der Waals surface area contributed by atoms with E-state index in [0.29, 0.717) is 5.69 Å². The number of rotatable bonds is 8. The molecule has 1 aromatic heterocycles. The normalized spacial score (nSPS) is 14.6. The Morgan fingerprint density at radius 1 is 1.09 bits per heavy atom. The Morgan fingerprint density at radius 2 is 1.80 bits per heavy atom. The van der Waals surface area contributed by atoms with E-state index in [2.05, 4.69) is 20.8 Å². The summed E-state index contributed by atoms with van der Waals surface area (Å²) in [6.45, 7) is -0.569. The Morgan fingerprint density at radius 3 is 2.49 bits per heavy atom. The molecule has 35 heavy (non-hydrogen) atoms. The number of anilines is 1. The minimum absolute atomic E-state index is 0.00550. The summed E-state index contributed by atoms with van der Waals surface area (Å²) < 4.78 is 34.5. The van der Waals surface area contributed by atoms with Gasteiger partial charge in [-0.3, -0.25) is 4.79 Å². The molecule has 0 radical (unpaired) electrons. The van der Waals surface area contributed by atoms with Crippen molar-refractivity contribution in [2.75, 3.05) is 19.0 Å². The molecule has 1 fully saturated rings. The lowest BCUT2D eigenvalue weighted by atomic mass is 9.96. The minimum atomic E-state index is -3.82. The summed E-state index contributed by atoms with van der Waals surface area (Å²) in [6.07, 6.45) is 6.15. The van der Waals surface area contributed by atoms with Gasteiger partial charge in [-0.1, -0.05) is 31.4 Å². The molecule has 0 atom stereocenters. The summed E-state index contributed by atoms with van der Waals surface area (Å²) >= 11 is 0. The first-order valence-electron chi connectivity index (χ1n) is 11.2. The smallest absolute Gasteiger partial charge is 0.338 e. The van der Waals surface area contributed by atoms with Crippen LogP contribution < -0.4 is 5.32 Å². The van der Waals surface area contributed by atoms with E-state index in [-0.39, 0.29) is 22.2 Å². The maximum Gasteiger partial charge on any atom is 0.338 e. The van der Waals surface area contributed by atoms with E-state index in [9.17, 15) is 18.0 Å². The molecular formula is C23H26N6O5S. The van der Waals surface area contributed by atoms with Crippen molar-refractivity contribution in [3.63, 3.8) is 0 Å². The third-order valence-corrected chi connectivity index (χ3v) is 7.93. The monoisotopic (exact) mass is 498 g/mol. The average Bonchev–Trinajstić information content (AvgIpc) is 3.43. The highest BCUT2D eigenvalue weighted by Crippen LogP contribution is 2.29. The van der Waals surface area contributed by atoms with Gasteiger partial charge in [-0.15, -0.1) is 5.10 Å². The van der Waals surface area contributed by atoms with Crippen molar-refractivity contribution >= 4 is 27.6 Å². The van der Waals surface area contributed by atoms with Crippen LogP contribution in [0.2, 0.25) is 0 Å². The number of para-hydroxylation sites is 1. The Kier molecular flexibility index (Phi) is 7.51. The average molecular weight is 499 g/mol. The highest BCUT2D eigenvalue weighted by molar-refractivity contribution is 7.89.